The van der Waals surface area contributed by atoms with Gasteiger partial charge in [-0.3, -0.25) is 4.79 Å². The smallest absolute Gasteiger partial charge is 0.227 e. The number of ether oxygens (including phenoxy) is 3. The Morgan fingerprint density at radius 1 is 0.944 bits per heavy atom. The molecule has 0 spiro atoms. The normalized spacial score (nSPS) is 16.6. The number of morpholine rings is 1. The highest BCUT2D eigenvalue weighted by Gasteiger charge is 2.33. The summed E-state index contributed by atoms with van der Waals surface area (Å²) in [7, 11) is 0. The molecule has 0 aliphatic carbocycles. The molecule has 1 heterocycles. The van der Waals surface area contributed by atoms with Gasteiger partial charge in [-0.1, -0.05) is 80.6 Å². The molecule has 5 nitrogen and oxygen atoms in total. The standard InChI is InChI=1S/C31H37NO4/c1-4-34-27-12-8-9-13-28(27)36-31(26-10-6-5-7-11-26)29-22-32(18-19-35-29)30(33)21-25-16-14-24(15-17-25)20-23(2)3/h5-17,23,29,31H,4,18-22H2,1-3H3. The van der Waals surface area contributed by atoms with Gasteiger partial charge in [-0.15, -0.1) is 0 Å². The average molecular weight is 488 g/mol. The molecule has 190 valence electrons. The maximum absolute atomic E-state index is 13.2. The molecule has 3 aromatic carbocycles. The molecule has 1 fully saturated rings. The fraction of sp³-hybridized carbons (Fsp3) is 0.387. The van der Waals surface area contributed by atoms with E-state index in [2.05, 4.69) is 38.1 Å². The lowest BCUT2D eigenvalue weighted by Gasteiger charge is -2.37. The molecule has 2 unspecified atom stereocenters. The Morgan fingerprint density at radius 3 is 2.31 bits per heavy atom. The molecule has 1 saturated heterocycles. The summed E-state index contributed by atoms with van der Waals surface area (Å²) in [6.45, 7) is 8.47. The van der Waals surface area contributed by atoms with E-state index in [1.165, 1.54) is 5.56 Å². The van der Waals surface area contributed by atoms with E-state index < -0.39 is 0 Å². The van der Waals surface area contributed by atoms with Crippen LogP contribution in [0.2, 0.25) is 0 Å². The molecule has 5 heteroatoms. The molecule has 36 heavy (non-hydrogen) atoms. The molecule has 1 amide bonds. The monoisotopic (exact) mass is 487 g/mol. The number of amides is 1. The van der Waals surface area contributed by atoms with Crippen molar-refractivity contribution in [1.29, 1.82) is 0 Å². The molecule has 0 aromatic heterocycles. The number of hydrogen-bond acceptors (Lipinski definition) is 4. The van der Waals surface area contributed by atoms with Crippen LogP contribution in [0, 0.1) is 5.92 Å². The van der Waals surface area contributed by atoms with Crippen molar-refractivity contribution in [3.63, 3.8) is 0 Å². The molecular weight excluding hydrogens is 450 g/mol. The van der Waals surface area contributed by atoms with Gasteiger partial charge in [0.2, 0.25) is 5.91 Å². The van der Waals surface area contributed by atoms with Crippen LogP contribution in [0.3, 0.4) is 0 Å². The summed E-state index contributed by atoms with van der Waals surface area (Å²) in [5.41, 5.74) is 3.35. The van der Waals surface area contributed by atoms with Crippen molar-refractivity contribution in [3.05, 3.63) is 95.6 Å². The largest absolute Gasteiger partial charge is 0.490 e. The molecule has 0 bridgehead atoms. The summed E-state index contributed by atoms with van der Waals surface area (Å²) in [6.07, 6.45) is 0.762. The van der Waals surface area contributed by atoms with Crippen molar-refractivity contribution < 1.29 is 19.0 Å². The third kappa shape index (κ3) is 6.88. The Kier molecular flexibility index (Phi) is 9.01. The molecule has 1 aliphatic rings. The topological polar surface area (TPSA) is 48.0 Å². The fourth-order valence-corrected chi connectivity index (χ4v) is 4.60. The highest BCUT2D eigenvalue weighted by Crippen LogP contribution is 2.34. The number of rotatable bonds is 10. The maximum Gasteiger partial charge on any atom is 0.227 e. The van der Waals surface area contributed by atoms with Gasteiger partial charge in [0.1, 0.15) is 6.10 Å². The molecule has 2 atom stereocenters. The van der Waals surface area contributed by atoms with Gasteiger partial charge in [-0.2, -0.15) is 0 Å². The van der Waals surface area contributed by atoms with E-state index in [1.807, 2.05) is 66.4 Å². The minimum atomic E-state index is -0.376. The van der Waals surface area contributed by atoms with Gasteiger partial charge in [-0.25, -0.2) is 0 Å². The predicted octanol–water partition coefficient (Wildman–Crippen LogP) is 5.87. The van der Waals surface area contributed by atoms with Gasteiger partial charge in [0.15, 0.2) is 17.6 Å². The number of carbonyl (C=O) groups excluding carboxylic acids is 1. The van der Waals surface area contributed by atoms with E-state index in [0.29, 0.717) is 50.1 Å². The first-order valence-corrected chi connectivity index (χ1v) is 12.9. The zero-order valence-electron chi connectivity index (χ0n) is 21.6. The summed E-state index contributed by atoms with van der Waals surface area (Å²) in [5, 5.41) is 0. The number of nitrogens with zero attached hydrogens (tertiary/aromatic N) is 1. The zero-order valence-corrected chi connectivity index (χ0v) is 21.6. The van der Waals surface area contributed by atoms with Gasteiger partial charge in [0, 0.05) is 6.54 Å². The Labute approximate surface area is 215 Å². The first-order valence-electron chi connectivity index (χ1n) is 12.9. The summed E-state index contributed by atoms with van der Waals surface area (Å²) >= 11 is 0. The zero-order chi connectivity index (χ0) is 25.3. The Morgan fingerprint density at radius 2 is 1.61 bits per heavy atom. The number of para-hydroxylation sites is 2. The quantitative estimate of drug-likeness (QED) is 0.359. The minimum Gasteiger partial charge on any atom is -0.490 e. The number of benzene rings is 3. The van der Waals surface area contributed by atoms with Crippen LogP contribution in [-0.2, 0) is 22.4 Å². The highest BCUT2D eigenvalue weighted by atomic mass is 16.6. The highest BCUT2D eigenvalue weighted by molar-refractivity contribution is 5.79. The fourth-order valence-electron chi connectivity index (χ4n) is 4.60. The van der Waals surface area contributed by atoms with Crippen molar-refractivity contribution in [2.45, 2.75) is 45.8 Å². The van der Waals surface area contributed by atoms with E-state index in [0.717, 1.165) is 17.5 Å². The maximum atomic E-state index is 13.2. The van der Waals surface area contributed by atoms with Gasteiger partial charge in [-0.05, 0) is 48.1 Å². The van der Waals surface area contributed by atoms with E-state index in [4.69, 9.17) is 14.2 Å². The van der Waals surface area contributed by atoms with Crippen molar-refractivity contribution in [1.82, 2.24) is 4.90 Å². The lowest BCUT2D eigenvalue weighted by atomic mass is 10.0. The van der Waals surface area contributed by atoms with Crippen molar-refractivity contribution in [2.75, 3.05) is 26.3 Å². The summed E-state index contributed by atoms with van der Waals surface area (Å²) in [4.78, 5) is 15.1. The first-order chi connectivity index (χ1) is 17.5. The summed E-state index contributed by atoms with van der Waals surface area (Å²) < 4.78 is 18.5. The Bertz CT molecular complexity index is 1100. The van der Waals surface area contributed by atoms with Gasteiger partial charge >= 0.3 is 0 Å². The van der Waals surface area contributed by atoms with Crippen LogP contribution in [0.25, 0.3) is 0 Å². The van der Waals surface area contributed by atoms with Gasteiger partial charge < -0.3 is 19.1 Å². The molecule has 0 radical (unpaired) electrons. The molecule has 4 rings (SSSR count). The minimum absolute atomic E-state index is 0.112. The molecule has 0 N–H and O–H groups in total. The Hall–Kier alpha value is -3.31. The predicted molar refractivity (Wildman–Crippen MR) is 142 cm³/mol. The average Bonchev–Trinajstić information content (AvgIpc) is 2.90. The van der Waals surface area contributed by atoms with E-state index in [9.17, 15) is 4.79 Å². The van der Waals surface area contributed by atoms with Crippen LogP contribution in [-0.4, -0.2) is 43.2 Å². The van der Waals surface area contributed by atoms with Crippen molar-refractivity contribution in [2.24, 2.45) is 5.92 Å². The van der Waals surface area contributed by atoms with E-state index in [1.54, 1.807) is 0 Å². The van der Waals surface area contributed by atoms with Crippen LogP contribution in [0.15, 0.2) is 78.9 Å². The van der Waals surface area contributed by atoms with Crippen LogP contribution < -0.4 is 9.47 Å². The molecule has 3 aromatic rings. The van der Waals surface area contributed by atoms with E-state index in [-0.39, 0.29) is 18.1 Å². The van der Waals surface area contributed by atoms with Crippen LogP contribution >= 0.6 is 0 Å². The molecule has 0 saturated carbocycles. The van der Waals surface area contributed by atoms with Gasteiger partial charge in [0.25, 0.3) is 0 Å². The Balaban J connectivity index is 1.48. The third-order valence-electron chi connectivity index (χ3n) is 6.34. The number of carbonyl (C=O) groups is 1. The third-order valence-corrected chi connectivity index (χ3v) is 6.34. The second-order valence-electron chi connectivity index (χ2n) is 9.67. The van der Waals surface area contributed by atoms with E-state index >= 15 is 0 Å². The number of hydrogen-bond donors (Lipinski definition) is 0. The lowest BCUT2D eigenvalue weighted by Crippen LogP contribution is -2.49. The first kappa shape index (κ1) is 25.8. The molecule has 1 aliphatic heterocycles. The second kappa shape index (κ2) is 12.6. The van der Waals surface area contributed by atoms with Crippen LogP contribution in [0.4, 0.5) is 0 Å². The van der Waals surface area contributed by atoms with Crippen LogP contribution in [0.5, 0.6) is 11.5 Å². The van der Waals surface area contributed by atoms with Crippen LogP contribution in [0.1, 0.15) is 43.6 Å². The lowest BCUT2D eigenvalue weighted by molar-refractivity contribution is -0.142. The van der Waals surface area contributed by atoms with Crippen molar-refractivity contribution >= 4 is 5.91 Å². The molecular formula is C31H37NO4. The summed E-state index contributed by atoms with van der Waals surface area (Å²) in [5.74, 6) is 2.09. The summed E-state index contributed by atoms with van der Waals surface area (Å²) in [6, 6.07) is 26.2. The van der Waals surface area contributed by atoms with Gasteiger partial charge in [0.05, 0.1) is 26.2 Å². The second-order valence-corrected chi connectivity index (χ2v) is 9.67. The van der Waals surface area contributed by atoms with Crippen molar-refractivity contribution in [3.8, 4) is 11.5 Å². The SMILES string of the molecule is CCOc1ccccc1OC(c1ccccc1)C1CN(C(=O)Cc2ccc(CC(C)C)cc2)CCO1.